The number of carbonyl (C=O) groups excluding carboxylic acids is 1. The van der Waals surface area contributed by atoms with Crippen molar-refractivity contribution < 1.29 is 4.79 Å². The van der Waals surface area contributed by atoms with E-state index in [1.54, 1.807) is 0 Å². The van der Waals surface area contributed by atoms with Gasteiger partial charge in [0.05, 0.1) is 20.8 Å². The third-order valence-corrected chi connectivity index (χ3v) is 3.86. The van der Waals surface area contributed by atoms with Crippen molar-refractivity contribution in [2.75, 3.05) is 6.54 Å². The standard InChI is InChI=1S/C8H5BrN2OS/c9-8-4(1-10)5-2-11-3-6(12)7(5)13-8/h11H,2-3H2. The largest absolute Gasteiger partial charge is 0.305 e. The van der Waals surface area contributed by atoms with E-state index in [2.05, 4.69) is 27.3 Å². The first-order valence-electron chi connectivity index (χ1n) is 3.69. The van der Waals surface area contributed by atoms with Gasteiger partial charge in [0, 0.05) is 12.1 Å². The highest BCUT2D eigenvalue weighted by Crippen LogP contribution is 2.34. The molecule has 1 N–H and O–H groups in total. The fourth-order valence-electron chi connectivity index (χ4n) is 1.32. The molecule has 3 nitrogen and oxygen atoms in total. The lowest BCUT2D eigenvalue weighted by atomic mass is 10.1. The van der Waals surface area contributed by atoms with E-state index in [4.69, 9.17) is 5.26 Å². The van der Waals surface area contributed by atoms with Crippen molar-refractivity contribution in [3.63, 3.8) is 0 Å². The summed E-state index contributed by atoms with van der Waals surface area (Å²) in [5, 5.41) is 11.8. The van der Waals surface area contributed by atoms with Crippen molar-refractivity contribution in [2.45, 2.75) is 6.54 Å². The number of nitrogens with one attached hydrogen (secondary N) is 1. The van der Waals surface area contributed by atoms with Crippen LogP contribution in [0.5, 0.6) is 0 Å². The molecule has 1 aliphatic heterocycles. The van der Waals surface area contributed by atoms with Crippen LogP contribution >= 0.6 is 27.3 Å². The van der Waals surface area contributed by atoms with E-state index in [-0.39, 0.29) is 5.78 Å². The Bertz CT molecular complexity index is 419. The van der Waals surface area contributed by atoms with E-state index < -0.39 is 0 Å². The summed E-state index contributed by atoms with van der Waals surface area (Å²) >= 11 is 4.64. The predicted molar refractivity (Wildman–Crippen MR) is 52.8 cm³/mol. The first kappa shape index (κ1) is 8.88. The molecular weight excluding hydrogens is 252 g/mol. The van der Waals surface area contributed by atoms with E-state index in [0.717, 1.165) is 14.2 Å². The first-order valence-corrected chi connectivity index (χ1v) is 5.30. The predicted octanol–water partition coefficient (Wildman–Crippen LogP) is 1.67. The Balaban J connectivity index is 2.64. The number of carbonyl (C=O) groups is 1. The Morgan fingerprint density at radius 2 is 2.31 bits per heavy atom. The van der Waals surface area contributed by atoms with E-state index in [1.807, 2.05) is 0 Å². The number of nitrogens with zero attached hydrogens (tertiary/aromatic N) is 1. The molecule has 66 valence electrons. The lowest BCUT2D eigenvalue weighted by Gasteiger charge is -2.10. The van der Waals surface area contributed by atoms with Crippen LogP contribution in [0, 0.1) is 11.3 Å². The fourth-order valence-corrected chi connectivity index (χ4v) is 3.07. The average molecular weight is 257 g/mol. The van der Waals surface area contributed by atoms with E-state index in [1.165, 1.54) is 11.3 Å². The van der Waals surface area contributed by atoms with Crippen molar-refractivity contribution >= 4 is 33.0 Å². The fraction of sp³-hybridized carbons (Fsp3) is 0.250. The molecule has 0 aromatic carbocycles. The molecule has 0 spiro atoms. The van der Waals surface area contributed by atoms with Crippen LogP contribution in [0.4, 0.5) is 0 Å². The van der Waals surface area contributed by atoms with Gasteiger partial charge in [-0.25, -0.2) is 0 Å². The van der Waals surface area contributed by atoms with Gasteiger partial charge in [-0.2, -0.15) is 5.26 Å². The minimum absolute atomic E-state index is 0.0773. The van der Waals surface area contributed by atoms with Crippen molar-refractivity contribution in [1.82, 2.24) is 5.32 Å². The van der Waals surface area contributed by atoms with Crippen LogP contribution in [0.1, 0.15) is 20.8 Å². The molecule has 0 aliphatic carbocycles. The molecule has 5 heteroatoms. The highest BCUT2D eigenvalue weighted by atomic mass is 79.9. The van der Waals surface area contributed by atoms with Crippen molar-refractivity contribution in [2.24, 2.45) is 0 Å². The molecule has 13 heavy (non-hydrogen) atoms. The lowest BCUT2D eigenvalue weighted by molar-refractivity contribution is 0.0986. The molecule has 0 radical (unpaired) electrons. The second-order valence-corrected chi connectivity index (χ2v) is 5.04. The molecule has 0 atom stereocenters. The van der Waals surface area contributed by atoms with Gasteiger partial charge in [-0.05, 0) is 15.9 Å². The van der Waals surface area contributed by atoms with Gasteiger partial charge in [-0.3, -0.25) is 4.79 Å². The number of hydrogen-bond donors (Lipinski definition) is 1. The minimum atomic E-state index is 0.0773. The maximum Gasteiger partial charge on any atom is 0.186 e. The summed E-state index contributed by atoms with van der Waals surface area (Å²) in [5.41, 5.74) is 1.44. The zero-order chi connectivity index (χ0) is 9.42. The summed E-state index contributed by atoms with van der Waals surface area (Å²) in [6.45, 7) is 0.997. The molecule has 0 saturated carbocycles. The Hall–Kier alpha value is -0.700. The van der Waals surface area contributed by atoms with Crippen LogP contribution in [0.25, 0.3) is 0 Å². The Morgan fingerprint density at radius 1 is 1.54 bits per heavy atom. The first-order chi connectivity index (χ1) is 6.24. The number of Topliss-reactive ketones (excluding diaryl/α,β-unsaturated/α-hetero) is 1. The van der Waals surface area contributed by atoms with E-state index in [9.17, 15) is 4.79 Å². The Labute approximate surface area is 87.5 Å². The van der Waals surface area contributed by atoms with Crippen molar-refractivity contribution in [3.8, 4) is 6.07 Å². The van der Waals surface area contributed by atoms with Gasteiger partial charge in [-0.1, -0.05) is 0 Å². The normalized spacial score (nSPS) is 15.2. The molecular formula is C8H5BrN2OS. The number of rotatable bonds is 0. The van der Waals surface area contributed by atoms with Gasteiger partial charge in [0.1, 0.15) is 6.07 Å². The average Bonchev–Trinajstić information content (AvgIpc) is 2.43. The molecule has 1 aromatic rings. The maximum absolute atomic E-state index is 11.4. The third-order valence-electron chi connectivity index (χ3n) is 1.92. The summed E-state index contributed by atoms with van der Waals surface area (Å²) in [5.74, 6) is 0.0773. The topological polar surface area (TPSA) is 52.9 Å². The number of halogens is 1. The highest BCUT2D eigenvalue weighted by Gasteiger charge is 2.24. The van der Waals surface area contributed by atoms with E-state index in [0.29, 0.717) is 18.7 Å². The maximum atomic E-state index is 11.4. The van der Waals surface area contributed by atoms with Gasteiger partial charge >= 0.3 is 0 Å². The quantitative estimate of drug-likeness (QED) is 0.769. The van der Waals surface area contributed by atoms with Crippen LogP contribution in [0.2, 0.25) is 0 Å². The molecule has 0 fully saturated rings. The molecule has 1 aromatic heterocycles. The molecule has 0 saturated heterocycles. The van der Waals surface area contributed by atoms with Crippen molar-refractivity contribution in [1.29, 1.82) is 5.26 Å². The van der Waals surface area contributed by atoms with Gasteiger partial charge < -0.3 is 5.32 Å². The molecule has 2 rings (SSSR count). The van der Waals surface area contributed by atoms with Crippen LogP contribution in [0.15, 0.2) is 3.79 Å². The molecule has 0 unspecified atom stereocenters. The second-order valence-electron chi connectivity index (χ2n) is 2.70. The van der Waals surface area contributed by atoms with Crippen LogP contribution in [-0.2, 0) is 6.54 Å². The van der Waals surface area contributed by atoms with Gasteiger partial charge in [-0.15, -0.1) is 11.3 Å². The minimum Gasteiger partial charge on any atom is -0.305 e. The van der Waals surface area contributed by atoms with Gasteiger partial charge in [0.25, 0.3) is 0 Å². The summed E-state index contributed by atoms with van der Waals surface area (Å²) < 4.78 is 0.761. The monoisotopic (exact) mass is 256 g/mol. The number of hydrogen-bond acceptors (Lipinski definition) is 4. The molecule has 0 amide bonds. The van der Waals surface area contributed by atoms with Gasteiger partial charge in [0.15, 0.2) is 5.78 Å². The van der Waals surface area contributed by atoms with Crippen LogP contribution in [0.3, 0.4) is 0 Å². The summed E-state index contributed by atoms with van der Waals surface area (Å²) in [6, 6.07) is 2.10. The lowest BCUT2D eigenvalue weighted by Crippen LogP contribution is -2.28. The number of nitriles is 1. The molecule has 2 heterocycles. The Kier molecular flexibility index (Phi) is 2.20. The van der Waals surface area contributed by atoms with Gasteiger partial charge in [0.2, 0.25) is 0 Å². The number of ketones is 1. The number of fused-ring (bicyclic) bond motifs is 1. The SMILES string of the molecule is N#Cc1c(Br)sc2c1CNCC2=O. The Morgan fingerprint density at radius 3 is 3.00 bits per heavy atom. The molecule has 0 bridgehead atoms. The summed E-state index contributed by atoms with van der Waals surface area (Å²) in [7, 11) is 0. The summed E-state index contributed by atoms with van der Waals surface area (Å²) in [4.78, 5) is 12.1. The zero-order valence-electron chi connectivity index (χ0n) is 6.56. The van der Waals surface area contributed by atoms with Crippen LogP contribution in [-0.4, -0.2) is 12.3 Å². The molecule has 1 aliphatic rings. The second kappa shape index (κ2) is 3.22. The highest BCUT2D eigenvalue weighted by molar-refractivity contribution is 9.11. The number of thiophene rings is 1. The summed E-state index contributed by atoms with van der Waals surface area (Å²) in [6.07, 6.45) is 0. The smallest absolute Gasteiger partial charge is 0.186 e. The zero-order valence-corrected chi connectivity index (χ0v) is 8.96. The van der Waals surface area contributed by atoms with Crippen LogP contribution < -0.4 is 5.32 Å². The van der Waals surface area contributed by atoms with E-state index >= 15 is 0 Å². The van der Waals surface area contributed by atoms with Crippen molar-refractivity contribution in [3.05, 3.63) is 19.8 Å². The third kappa shape index (κ3) is 1.31.